The highest BCUT2D eigenvalue weighted by Gasteiger charge is 2.55. The van der Waals surface area contributed by atoms with Crippen molar-refractivity contribution in [2.24, 2.45) is 0 Å². The van der Waals surface area contributed by atoms with E-state index < -0.39 is 48.6 Å². The molecule has 2 aromatic carbocycles. The van der Waals surface area contributed by atoms with E-state index in [9.17, 15) is 23.2 Å². The molecule has 2 heterocycles. The van der Waals surface area contributed by atoms with Crippen LogP contribution < -0.4 is 5.32 Å². The fourth-order valence-electron chi connectivity index (χ4n) is 4.61. The molecular weight excluding hydrogens is 416 g/mol. The predicted molar refractivity (Wildman–Crippen MR) is 114 cm³/mol. The van der Waals surface area contributed by atoms with E-state index in [0.717, 1.165) is 26.9 Å². The zero-order chi connectivity index (χ0) is 22.5. The molecule has 0 bridgehead atoms. The van der Waals surface area contributed by atoms with Gasteiger partial charge in [0.25, 0.3) is 5.91 Å². The van der Waals surface area contributed by atoms with E-state index in [0.29, 0.717) is 5.56 Å². The quantitative estimate of drug-likeness (QED) is 0.465. The highest BCUT2D eigenvalue weighted by molar-refractivity contribution is 6.11. The van der Waals surface area contributed by atoms with Crippen molar-refractivity contribution in [2.45, 2.75) is 37.1 Å². The van der Waals surface area contributed by atoms with Crippen LogP contribution in [0.15, 0.2) is 54.7 Å². The number of nitrogens with zero attached hydrogens (tertiary/aromatic N) is 1. The number of benzene rings is 2. The zero-order valence-corrected chi connectivity index (χ0v) is 17.2. The Morgan fingerprint density at radius 2 is 1.69 bits per heavy atom. The fourth-order valence-corrected chi connectivity index (χ4v) is 4.61. The number of nitrogens with one attached hydrogen (secondary N) is 2. The van der Waals surface area contributed by atoms with E-state index in [2.05, 4.69) is 10.3 Å². The van der Waals surface area contributed by atoms with Crippen LogP contribution in [0.5, 0.6) is 0 Å². The second kappa shape index (κ2) is 7.25. The second-order valence-electron chi connectivity index (χ2n) is 8.50. The molecule has 1 aliphatic heterocycles. The summed E-state index contributed by atoms with van der Waals surface area (Å²) >= 11 is 0. The van der Waals surface area contributed by atoms with Crippen molar-refractivity contribution in [3.8, 4) is 11.1 Å². The number of alkyl halides is 2. The van der Waals surface area contributed by atoms with E-state index in [1.807, 2.05) is 42.6 Å². The first-order valence-corrected chi connectivity index (χ1v) is 10.5. The number of urea groups is 1. The highest BCUT2D eigenvalue weighted by atomic mass is 19.3. The van der Waals surface area contributed by atoms with E-state index in [4.69, 9.17) is 0 Å². The largest absolute Gasteiger partial charge is 0.361 e. The molecule has 32 heavy (non-hydrogen) atoms. The van der Waals surface area contributed by atoms with Crippen molar-refractivity contribution in [2.75, 3.05) is 6.54 Å². The molecule has 1 spiro atoms. The van der Waals surface area contributed by atoms with Crippen LogP contribution in [-0.4, -0.2) is 45.6 Å². The minimum Gasteiger partial charge on any atom is -0.361 e. The van der Waals surface area contributed by atoms with Crippen molar-refractivity contribution >= 4 is 28.6 Å². The van der Waals surface area contributed by atoms with Crippen molar-refractivity contribution in [3.05, 3.63) is 60.3 Å². The Hall–Kier alpha value is -3.55. The average Bonchev–Trinajstić information content (AvgIpc) is 3.35. The number of hydrogen-bond acceptors (Lipinski definition) is 3. The third-order valence-corrected chi connectivity index (χ3v) is 6.50. The van der Waals surface area contributed by atoms with Crippen molar-refractivity contribution in [1.82, 2.24) is 15.2 Å². The standard InChI is InChI=1S/C24H21F2N3O3/c25-24(26)11-9-23(10-12-24)21(31)29(22(32)28-23)14-20(30)16-6-4-15(5-7-16)17-2-1-3-19-18(17)8-13-27-19/h1-8,13,27H,9-12,14H2,(H,28,32). The summed E-state index contributed by atoms with van der Waals surface area (Å²) in [5.74, 6) is -3.81. The molecular formula is C24H21F2N3O3. The summed E-state index contributed by atoms with van der Waals surface area (Å²) in [5, 5.41) is 3.62. The molecule has 5 rings (SSSR count). The SMILES string of the molecule is O=C(CN1C(=O)NC2(CCC(F)(F)CC2)C1=O)c1ccc(-c2cccc3[nH]ccc23)cc1. The smallest absolute Gasteiger partial charge is 0.325 e. The molecule has 0 atom stereocenters. The van der Waals surface area contributed by atoms with Gasteiger partial charge < -0.3 is 10.3 Å². The van der Waals surface area contributed by atoms with Gasteiger partial charge in [-0.1, -0.05) is 36.4 Å². The summed E-state index contributed by atoms with van der Waals surface area (Å²) in [6.45, 7) is -0.421. The molecule has 164 valence electrons. The number of aromatic nitrogens is 1. The monoisotopic (exact) mass is 437 g/mol. The number of fused-ring (bicyclic) bond motifs is 1. The zero-order valence-electron chi connectivity index (χ0n) is 17.2. The van der Waals surface area contributed by atoms with Crippen LogP contribution in [-0.2, 0) is 4.79 Å². The first-order valence-electron chi connectivity index (χ1n) is 10.5. The molecule has 1 aliphatic carbocycles. The van der Waals surface area contributed by atoms with Gasteiger partial charge in [-0.05, 0) is 36.1 Å². The number of ketones is 1. The summed E-state index contributed by atoms with van der Waals surface area (Å²) in [6.07, 6.45) is 0.681. The van der Waals surface area contributed by atoms with Gasteiger partial charge in [0.2, 0.25) is 5.92 Å². The number of H-pyrrole nitrogens is 1. The summed E-state index contributed by atoms with van der Waals surface area (Å²) in [5.41, 5.74) is 2.01. The minimum atomic E-state index is -2.83. The molecule has 1 saturated heterocycles. The normalized spacial score (nSPS) is 19.5. The molecule has 2 fully saturated rings. The van der Waals surface area contributed by atoms with Gasteiger partial charge in [0.05, 0.1) is 6.54 Å². The summed E-state index contributed by atoms with van der Waals surface area (Å²) in [6, 6.07) is 14.2. The molecule has 0 unspecified atom stereocenters. The summed E-state index contributed by atoms with van der Waals surface area (Å²) < 4.78 is 27.0. The fraction of sp³-hybridized carbons (Fsp3) is 0.292. The van der Waals surface area contributed by atoms with Gasteiger partial charge in [-0.15, -0.1) is 0 Å². The Bertz CT molecular complexity index is 1220. The Labute approximate surface area is 182 Å². The lowest BCUT2D eigenvalue weighted by molar-refractivity contribution is -0.135. The van der Waals surface area contributed by atoms with Gasteiger partial charge in [0.1, 0.15) is 5.54 Å². The molecule has 1 aromatic heterocycles. The maximum atomic E-state index is 13.5. The van der Waals surface area contributed by atoms with Crippen LogP contribution in [0.25, 0.3) is 22.0 Å². The lowest BCUT2D eigenvalue weighted by Crippen LogP contribution is -2.51. The predicted octanol–water partition coefficient (Wildman–Crippen LogP) is 4.52. The van der Waals surface area contributed by atoms with E-state index in [1.165, 1.54) is 0 Å². The van der Waals surface area contributed by atoms with Crippen LogP contribution >= 0.6 is 0 Å². The number of rotatable bonds is 4. The Morgan fingerprint density at radius 1 is 0.969 bits per heavy atom. The number of halogens is 2. The van der Waals surface area contributed by atoms with E-state index in [1.54, 1.807) is 12.1 Å². The first kappa shape index (κ1) is 20.4. The molecule has 6 nitrogen and oxygen atoms in total. The van der Waals surface area contributed by atoms with Crippen LogP contribution in [0, 0.1) is 0 Å². The third-order valence-electron chi connectivity index (χ3n) is 6.50. The lowest BCUT2D eigenvalue weighted by atomic mass is 9.80. The van der Waals surface area contributed by atoms with Crippen LogP contribution in [0.1, 0.15) is 36.0 Å². The molecule has 1 saturated carbocycles. The van der Waals surface area contributed by atoms with E-state index in [-0.39, 0.29) is 12.8 Å². The Morgan fingerprint density at radius 3 is 2.41 bits per heavy atom. The topological polar surface area (TPSA) is 82.3 Å². The van der Waals surface area contributed by atoms with Gasteiger partial charge in [-0.2, -0.15) is 0 Å². The molecule has 8 heteroatoms. The summed E-state index contributed by atoms with van der Waals surface area (Å²) in [7, 11) is 0. The number of carbonyl (C=O) groups excluding carboxylic acids is 3. The maximum Gasteiger partial charge on any atom is 0.325 e. The second-order valence-corrected chi connectivity index (χ2v) is 8.50. The molecule has 3 aromatic rings. The van der Waals surface area contributed by atoms with Crippen molar-refractivity contribution in [1.29, 1.82) is 0 Å². The molecule has 0 radical (unpaired) electrons. The average molecular weight is 437 g/mol. The van der Waals surface area contributed by atoms with Gasteiger partial charge >= 0.3 is 6.03 Å². The lowest BCUT2D eigenvalue weighted by Gasteiger charge is -2.34. The van der Waals surface area contributed by atoms with Gasteiger partial charge in [-0.25, -0.2) is 13.6 Å². The Balaban J connectivity index is 1.32. The van der Waals surface area contributed by atoms with Gasteiger partial charge in [0, 0.05) is 35.5 Å². The number of aromatic amines is 1. The third kappa shape index (κ3) is 3.36. The van der Waals surface area contributed by atoms with Crippen LogP contribution in [0.2, 0.25) is 0 Å². The number of carbonyl (C=O) groups is 3. The van der Waals surface area contributed by atoms with Crippen molar-refractivity contribution in [3.63, 3.8) is 0 Å². The number of amides is 3. The van der Waals surface area contributed by atoms with Crippen LogP contribution in [0.4, 0.5) is 13.6 Å². The van der Waals surface area contributed by atoms with Gasteiger partial charge in [0.15, 0.2) is 5.78 Å². The summed E-state index contributed by atoms with van der Waals surface area (Å²) in [4.78, 5) is 42.0. The number of Topliss-reactive ketones (excluding diaryl/α,β-unsaturated/α-hetero) is 1. The minimum absolute atomic E-state index is 0.130. The maximum absolute atomic E-state index is 13.5. The number of imide groups is 1. The molecule has 2 N–H and O–H groups in total. The molecule has 3 amide bonds. The first-order chi connectivity index (χ1) is 15.3. The van der Waals surface area contributed by atoms with Crippen molar-refractivity contribution < 1.29 is 23.2 Å². The number of hydrogen-bond donors (Lipinski definition) is 2. The molecule has 2 aliphatic rings. The van der Waals surface area contributed by atoms with Crippen LogP contribution in [0.3, 0.4) is 0 Å². The Kier molecular flexibility index (Phi) is 4.62. The van der Waals surface area contributed by atoms with E-state index >= 15 is 0 Å². The highest BCUT2D eigenvalue weighted by Crippen LogP contribution is 2.41. The van der Waals surface area contributed by atoms with Gasteiger partial charge in [-0.3, -0.25) is 14.5 Å².